The van der Waals surface area contributed by atoms with Crippen LogP contribution in [0.3, 0.4) is 0 Å². The average Bonchev–Trinajstić information content (AvgIpc) is 3.43. The number of aryl methyl sites for hydroxylation is 1. The van der Waals surface area contributed by atoms with Gasteiger partial charge >= 0.3 is 0 Å². The highest BCUT2D eigenvalue weighted by Gasteiger charge is 2.41. The first kappa shape index (κ1) is 21.1. The summed E-state index contributed by atoms with van der Waals surface area (Å²) in [5.41, 5.74) is 4.62. The summed E-state index contributed by atoms with van der Waals surface area (Å²) in [5, 5.41) is 4.36. The maximum atomic E-state index is 5.85. The lowest BCUT2D eigenvalue weighted by Gasteiger charge is -2.32. The Bertz CT molecular complexity index is 1060. The van der Waals surface area contributed by atoms with E-state index in [4.69, 9.17) is 17.0 Å². The average molecular weight is 448 g/mol. The lowest BCUT2D eigenvalue weighted by atomic mass is 10.0. The zero-order valence-corrected chi connectivity index (χ0v) is 19.2. The fourth-order valence-electron chi connectivity index (χ4n) is 4.69. The molecule has 0 amide bonds. The number of benzene rings is 1. The van der Waals surface area contributed by atoms with Crippen molar-refractivity contribution in [2.24, 2.45) is 0 Å². The number of pyridine rings is 1. The second kappa shape index (κ2) is 9.40. The molecule has 2 fully saturated rings. The van der Waals surface area contributed by atoms with Crippen LogP contribution in [0.5, 0.6) is 0 Å². The van der Waals surface area contributed by atoms with E-state index in [1.165, 1.54) is 11.3 Å². The molecule has 0 bridgehead atoms. The minimum atomic E-state index is -0.00755. The number of hydrogen-bond acceptors (Lipinski definition) is 4. The summed E-state index contributed by atoms with van der Waals surface area (Å²) in [6.07, 6.45) is 3.99. The van der Waals surface area contributed by atoms with E-state index < -0.39 is 0 Å². The third-order valence-electron chi connectivity index (χ3n) is 6.32. The molecule has 2 aliphatic rings. The van der Waals surface area contributed by atoms with Gasteiger partial charge in [-0.1, -0.05) is 18.2 Å². The molecule has 32 heavy (non-hydrogen) atoms. The first-order chi connectivity index (χ1) is 15.7. The lowest BCUT2D eigenvalue weighted by molar-refractivity contribution is 0.0349. The molecule has 3 aromatic rings. The second-order valence-corrected chi connectivity index (χ2v) is 8.80. The zero-order chi connectivity index (χ0) is 21.9. The maximum Gasteiger partial charge on any atom is 0.170 e. The summed E-state index contributed by atoms with van der Waals surface area (Å²) in [6, 6.07) is 19.1. The Hall–Kier alpha value is -2.74. The second-order valence-electron chi connectivity index (χ2n) is 8.42. The van der Waals surface area contributed by atoms with Gasteiger partial charge in [-0.3, -0.25) is 9.88 Å². The molecule has 0 unspecified atom stereocenters. The highest BCUT2D eigenvalue weighted by atomic mass is 32.1. The first-order valence-electron chi connectivity index (χ1n) is 11.2. The zero-order valence-electron chi connectivity index (χ0n) is 18.4. The molecule has 2 atom stereocenters. The summed E-state index contributed by atoms with van der Waals surface area (Å²) >= 11 is 5.85. The van der Waals surface area contributed by atoms with E-state index in [2.05, 4.69) is 80.3 Å². The molecule has 2 aromatic heterocycles. The van der Waals surface area contributed by atoms with Crippen LogP contribution >= 0.6 is 12.2 Å². The molecule has 0 aliphatic carbocycles. The summed E-state index contributed by atoms with van der Waals surface area (Å²) in [5.74, 6) is 0. The molecule has 4 heterocycles. The van der Waals surface area contributed by atoms with Gasteiger partial charge in [-0.2, -0.15) is 0 Å². The monoisotopic (exact) mass is 447 g/mol. The van der Waals surface area contributed by atoms with Crippen molar-refractivity contribution in [3.8, 4) is 5.69 Å². The predicted molar refractivity (Wildman–Crippen MR) is 130 cm³/mol. The van der Waals surface area contributed by atoms with Crippen LogP contribution in [0.25, 0.3) is 5.69 Å². The van der Waals surface area contributed by atoms with Crippen molar-refractivity contribution in [3.63, 3.8) is 0 Å². The van der Waals surface area contributed by atoms with Crippen molar-refractivity contribution >= 4 is 17.3 Å². The minimum absolute atomic E-state index is 0.00755. The Morgan fingerprint density at radius 1 is 1.06 bits per heavy atom. The molecule has 1 aromatic carbocycles. The lowest BCUT2D eigenvalue weighted by Crippen LogP contribution is -2.42. The van der Waals surface area contributed by atoms with E-state index >= 15 is 0 Å². The fraction of sp³-hybridized carbons (Fsp3) is 0.360. The van der Waals surface area contributed by atoms with E-state index in [-0.39, 0.29) is 12.1 Å². The fourth-order valence-corrected chi connectivity index (χ4v) is 5.02. The predicted octanol–water partition coefficient (Wildman–Crippen LogP) is 3.49. The molecule has 7 heteroatoms. The molecule has 166 valence electrons. The van der Waals surface area contributed by atoms with Crippen LogP contribution in [-0.4, -0.2) is 63.9 Å². The molecule has 5 rings (SSSR count). The molecule has 2 saturated heterocycles. The Kier molecular flexibility index (Phi) is 6.21. The van der Waals surface area contributed by atoms with Crippen molar-refractivity contribution in [2.75, 3.05) is 39.4 Å². The molecular formula is C25H29N5OS. The van der Waals surface area contributed by atoms with Gasteiger partial charge in [0.2, 0.25) is 0 Å². The number of ether oxygens (including phenoxy) is 1. The van der Waals surface area contributed by atoms with Gasteiger partial charge in [0.15, 0.2) is 5.11 Å². The van der Waals surface area contributed by atoms with Crippen LogP contribution in [0, 0.1) is 6.92 Å². The third kappa shape index (κ3) is 4.28. The number of thiocarbonyl (C=S) groups is 1. The van der Waals surface area contributed by atoms with Crippen LogP contribution in [0.2, 0.25) is 0 Å². The topological polar surface area (TPSA) is 45.6 Å². The van der Waals surface area contributed by atoms with Gasteiger partial charge in [0.25, 0.3) is 0 Å². The number of morpholine rings is 1. The van der Waals surface area contributed by atoms with Crippen molar-refractivity contribution < 1.29 is 4.74 Å². The summed E-state index contributed by atoms with van der Waals surface area (Å²) in [7, 11) is 0. The van der Waals surface area contributed by atoms with Crippen molar-refractivity contribution in [2.45, 2.75) is 19.0 Å². The number of aromatic nitrogens is 2. The summed E-state index contributed by atoms with van der Waals surface area (Å²) in [6.45, 7) is 7.51. The summed E-state index contributed by atoms with van der Waals surface area (Å²) < 4.78 is 7.80. The summed E-state index contributed by atoms with van der Waals surface area (Å²) in [4.78, 5) is 9.47. The van der Waals surface area contributed by atoms with Gasteiger partial charge in [-0.15, -0.1) is 0 Å². The van der Waals surface area contributed by atoms with E-state index in [9.17, 15) is 0 Å². The molecule has 0 saturated carbocycles. The third-order valence-corrected chi connectivity index (χ3v) is 6.67. The smallest absolute Gasteiger partial charge is 0.170 e. The number of nitrogens with one attached hydrogen (secondary N) is 1. The molecule has 0 spiro atoms. The highest BCUT2D eigenvalue weighted by molar-refractivity contribution is 7.80. The first-order valence-corrected chi connectivity index (χ1v) is 11.6. The van der Waals surface area contributed by atoms with E-state index in [1.54, 1.807) is 0 Å². The number of rotatable bonds is 6. The molecule has 0 radical (unpaired) electrons. The Morgan fingerprint density at radius 3 is 2.72 bits per heavy atom. The molecule has 6 nitrogen and oxygen atoms in total. The van der Waals surface area contributed by atoms with Gasteiger partial charge in [-0.25, -0.2) is 0 Å². The van der Waals surface area contributed by atoms with E-state index in [0.29, 0.717) is 0 Å². The number of nitrogens with zero attached hydrogens (tertiary/aromatic N) is 4. The normalized spacial score (nSPS) is 21.7. The van der Waals surface area contributed by atoms with Crippen LogP contribution in [0.1, 0.15) is 29.0 Å². The minimum Gasteiger partial charge on any atom is -0.379 e. The Morgan fingerprint density at radius 2 is 1.94 bits per heavy atom. The van der Waals surface area contributed by atoms with Crippen molar-refractivity contribution in [1.82, 2.24) is 24.7 Å². The van der Waals surface area contributed by atoms with Crippen LogP contribution in [0.15, 0.2) is 67.0 Å². The van der Waals surface area contributed by atoms with Crippen LogP contribution in [-0.2, 0) is 4.74 Å². The highest BCUT2D eigenvalue weighted by Crippen LogP contribution is 2.39. The largest absolute Gasteiger partial charge is 0.379 e. The van der Waals surface area contributed by atoms with Crippen LogP contribution in [0.4, 0.5) is 0 Å². The van der Waals surface area contributed by atoms with Crippen molar-refractivity contribution in [1.29, 1.82) is 0 Å². The van der Waals surface area contributed by atoms with E-state index in [0.717, 1.165) is 55.9 Å². The standard InChI is InChI=1S/C25H29N5OS/c1-19-6-4-7-20(18-19)29-11-5-9-22(29)24-23(21-8-2-3-10-26-21)27-25(32)30(24)13-12-28-14-16-31-17-15-28/h2-11,18,23-24H,12-17H2,1H3,(H,27,32)/t23-,24-/m1/s1. The SMILES string of the molecule is Cc1cccc(-n2cccc2[C@@H]2[C@@H](c3ccccn3)NC(=S)N2CCN2CCOCC2)c1. The van der Waals surface area contributed by atoms with Gasteiger partial charge < -0.3 is 19.5 Å². The van der Waals surface area contributed by atoms with Gasteiger partial charge in [0, 0.05) is 50.0 Å². The van der Waals surface area contributed by atoms with Gasteiger partial charge in [0.1, 0.15) is 0 Å². The van der Waals surface area contributed by atoms with Gasteiger partial charge in [0.05, 0.1) is 31.0 Å². The van der Waals surface area contributed by atoms with Gasteiger partial charge in [-0.05, 0) is 61.1 Å². The molecular weight excluding hydrogens is 418 g/mol. The number of hydrogen-bond donors (Lipinski definition) is 1. The van der Waals surface area contributed by atoms with Crippen LogP contribution < -0.4 is 5.32 Å². The Balaban J connectivity index is 1.50. The van der Waals surface area contributed by atoms with Crippen molar-refractivity contribution in [3.05, 3.63) is 83.9 Å². The quantitative estimate of drug-likeness (QED) is 0.584. The van der Waals surface area contributed by atoms with E-state index in [1.807, 2.05) is 18.3 Å². The Labute approximate surface area is 194 Å². The maximum absolute atomic E-state index is 5.85. The molecule has 1 N–H and O–H groups in total. The molecule has 2 aliphatic heterocycles.